The normalized spacial score (nSPS) is 14.8. The minimum atomic E-state index is 0.560. The van der Waals surface area contributed by atoms with Gasteiger partial charge in [-0.05, 0) is 17.7 Å². The highest BCUT2D eigenvalue weighted by atomic mass is 15.2. The zero-order valence-corrected chi connectivity index (χ0v) is 7.93. The summed E-state index contributed by atoms with van der Waals surface area (Å²) in [5.74, 6) is 0. The third-order valence-corrected chi connectivity index (χ3v) is 2.21. The molecule has 0 aromatic heterocycles. The van der Waals surface area contributed by atoms with Crippen LogP contribution in [0.2, 0.25) is 0 Å². The summed E-state index contributed by atoms with van der Waals surface area (Å²) < 4.78 is 0. The molecule has 0 radical (unpaired) electrons. The van der Waals surface area contributed by atoms with E-state index in [1.54, 1.807) is 0 Å². The second-order valence-corrected chi connectivity index (χ2v) is 3.12. The quantitative estimate of drug-likeness (QED) is 0.762. The smallest absolute Gasteiger partial charge is 0.114 e. The van der Waals surface area contributed by atoms with Gasteiger partial charge in [0, 0.05) is 24.6 Å². The monoisotopic (exact) mass is 187 g/mol. The SMILES string of the molecule is NCc1ccccc1N1C=CC=NC1. The Labute approximate surface area is 83.6 Å². The molecule has 1 aromatic carbocycles. The number of benzene rings is 1. The van der Waals surface area contributed by atoms with E-state index in [2.05, 4.69) is 16.0 Å². The molecule has 2 N–H and O–H groups in total. The molecule has 1 heterocycles. The molecule has 0 saturated carbocycles. The average Bonchev–Trinajstić information content (AvgIpc) is 2.30. The van der Waals surface area contributed by atoms with Gasteiger partial charge in [-0.3, -0.25) is 4.99 Å². The summed E-state index contributed by atoms with van der Waals surface area (Å²) in [7, 11) is 0. The summed E-state index contributed by atoms with van der Waals surface area (Å²) in [6.45, 7) is 1.23. The second kappa shape index (κ2) is 4.07. The van der Waals surface area contributed by atoms with Crippen molar-refractivity contribution in [1.29, 1.82) is 0 Å². The van der Waals surface area contributed by atoms with Crippen LogP contribution in [0.15, 0.2) is 41.5 Å². The van der Waals surface area contributed by atoms with E-state index in [1.807, 2.05) is 36.7 Å². The molecule has 3 heteroatoms. The lowest BCUT2D eigenvalue weighted by Crippen LogP contribution is -2.20. The van der Waals surface area contributed by atoms with Crippen molar-refractivity contribution in [2.24, 2.45) is 10.7 Å². The number of nitrogens with two attached hydrogens (primary N) is 1. The molecule has 2 rings (SSSR count). The van der Waals surface area contributed by atoms with Crippen LogP contribution in [-0.4, -0.2) is 12.9 Å². The second-order valence-electron chi connectivity index (χ2n) is 3.12. The van der Waals surface area contributed by atoms with Crippen LogP contribution < -0.4 is 10.6 Å². The van der Waals surface area contributed by atoms with Gasteiger partial charge in [-0.25, -0.2) is 0 Å². The van der Waals surface area contributed by atoms with Gasteiger partial charge in [0.25, 0.3) is 0 Å². The first-order valence-electron chi connectivity index (χ1n) is 4.63. The Morgan fingerprint density at radius 1 is 1.36 bits per heavy atom. The third kappa shape index (κ3) is 1.67. The number of hydrogen-bond acceptors (Lipinski definition) is 3. The van der Waals surface area contributed by atoms with Crippen LogP contribution in [0.3, 0.4) is 0 Å². The molecule has 0 saturated heterocycles. The van der Waals surface area contributed by atoms with E-state index in [0.29, 0.717) is 13.2 Å². The van der Waals surface area contributed by atoms with Gasteiger partial charge in [-0.1, -0.05) is 18.2 Å². The van der Waals surface area contributed by atoms with E-state index in [9.17, 15) is 0 Å². The Morgan fingerprint density at radius 3 is 2.93 bits per heavy atom. The highest BCUT2D eigenvalue weighted by molar-refractivity contribution is 5.74. The number of nitrogens with zero attached hydrogens (tertiary/aromatic N) is 2. The lowest BCUT2D eigenvalue weighted by Gasteiger charge is -2.22. The molecular formula is C11H13N3. The zero-order chi connectivity index (χ0) is 9.80. The molecular weight excluding hydrogens is 174 g/mol. The van der Waals surface area contributed by atoms with Crippen LogP contribution in [-0.2, 0) is 6.54 Å². The summed E-state index contributed by atoms with van der Waals surface area (Å²) in [6, 6.07) is 8.12. The maximum absolute atomic E-state index is 5.67. The molecule has 0 fully saturated rings. The van der Waals surface area contributed by atoms with Crippen molar-refractivity contribution < 1.29 is 0 Å². The Bertz CT molecular complexity index is 369. The minimum Gasteiger partial charge on any atom is -0.328 e. The number of rotatable bonds is 2. The van der Waals surface area contributed by atoms with Crippen molar-refractivity contribution in [3.8, 4) is 0 Å². The van der Waals surface area contributed by atoms with Crippen LogP contribution >= 0.6 is 0 Å². The molecule has 72 valence electrons. The summed E-state index contributed by atoms with van der Waals surface area (Å²) in [4.78, 5) is 6.27. The number of allylic oxidation sites excluding steroid dienone is 1. The fraction of sp³-hybridized carbons (Fsp3) is 0.182. The molecule has 0 amide bonds. The number of hydrogen-bond donors (Lipinski definition) is 1. The first-order chi connectivity index (χ1) is 6.92. The first kappa shape index (κ1) is 8.97. The Morgan fingerprint density at radius 2 is 2.21 bits per heavy atom. The van der Waals surface area contributed by atoms with E-state index in [0.717, 1.165) is 11.3 Å². The zero-order valence-electron chi connectivity index (χ0n) is 7.93. The van der Waals surface area contributed by atoms with Gasteiger partial charge in [-0.2, -0.15) is 0 Å². The van der Waals surface area contributed by atoms with Gasteiger partial charge >= 0.3 is 0 Å². The molecule has 0 atom stereocenters. The third-order valence-electron chi connectivity index (χ3n) is 2.21. The van der Waals surface area contributed by atoms with Gasteiger partial charge in [0.1, 0.15) is 6.67 Å². The van der Waals surface area contributed by atoms with Crippen molar-refractivity contribution in [3.05, 3.63) is 42.1 Å². The lowest BCUT2D eigenvalue weighted by molar-refractivity contribution is 0.946. The van der Waals surface area contributed by atoms with Gasteiger partial charge in [0.05, 0.1) is 0 Å². The minimum absolute atomic E-state index is 0.560. The highest BCUT2D eigenvalue weighted by Crippen LogP contribution is 2.20. The fourth-order valence-electron chi connectivity index (χ4n) is 1.51. The van der Waals surface area contributed by atoms with Crippen LogP contribution in [0, 0.1) is 0 Å². The van der Waals surface area contributed by atoms with E-state index in [1.165, 1.54) is 0 Å². The molecule has 3 nitrogen and oxygen atoms in total. The number of anilines is 1. The molecule has 0 spiro atoms. The summed E-state index contributed by atoms with van der Waals surface area (Å²) in [5.41, 5.74) is 7.96. The predicted octanol–water partition coefficient (Wildman–Crippen LogP) is 1.51. The van der Waals surface area contributed by atoms with Crippen molar-refractivity contribution >= 4 is 11.9 Å². The van der Waals surface area contributed by atoms with Gasteiger partial charge < -0.3 is 10.6 Å². The standard InChI is InChI=1S/C11H13N3/c12-8-10-4-1-2-5-11(10)14-7-3-6-13-9-14/h1-7H,8-9,12H2. The molecule has 1 aromatic rings. The Kier molecular flexibility index (Phi) is 2.60. The summed E-state index contributed by atoms with van der Waals surface area (Å²) in [5, 5.41) is 0. The Balaban J connectivity index is 2.31. The predicted molar refractivity (Wildman–Crippen MR) is 59.3 cm³/mol. The van der Waals surface area contributed by atoms with Crippen LogP contribution in [0.1, 0.15) is 5.56 Å². The number of para-hydroxylation sites is 1. The molecule has 0 bridgehead atoms. The topological polar surface area (TPSA) is 41.6 Å². The van der Waals surface area contributed by atoms with E-state index < -0.39 is 0 Å². The van der Waals surface area contributed by atoms with E-state index >= 15 is 0 Å². The lowest BCUT2D eigenvalue weighted by atomic mass is 10.1. The van der Waals surface area contributed by atoms with E-state index in [-0.39, 0.29) is 0 Å². The maximum Gasteiger partial charge on any atom is 0.114 e. The van der Waals surface area contributed by atoms with Crippen molar-refractivity contribution in [3.63, 3.8) is 0 Å². The molecule has 14 heavy (non-hydrogen) atoms. The Hall–Kier alpha value is -1.61. The summed E-state index contributed by atoms with van der Waals surface area (Å²) in [6.07, 6.45) is 5.75. The van der Waals surface area contributed by atoms with Gasteiger partial charge in [0.2, 0.25) is 0 Å². The van der Waals surface area contributed by atoms with Crippen LogP contribution in [0.25, 0.3) is 0 Å². The highest BCUT2D eigenvalue weighted by Gasteiger charge is 2.07. The molecule has 0 unspecified atom stereocenters. The largest absolute Gasteiger partial charge is 0.328 e. The molecule has 1 aliphatic heterocycles. The molecule has 0 aliphatic carbocycles. The van der Waals surface area contributed by atoms with E-state index in [4.69, 9.17) is 5.73 Å². The number of aliphatic imine (C=N–C) groups is 1. The van der Waals surface area contributed by atoms with Crippen LogP contribution in [0.4, 0.5) is 5.69 Å². The van der Waals surface area contributed by atoms with Gasteiger partial charge in [-0.15, -0.1) is 0 Å². The van der Waals surface area contributed by atoms with Crippen molar-refractivity contribution in [1.82, 2.24) is 0 Å². The maximum atomic E-state index is 5.67. The average molecular weight is 187 g/mol. The van der Waals surface area contributed by atoms with Crippen molar-refractivity contribution in [2.45, 2.75) is 6.54 Å². The fourth-order valence-corrected chi connectivity index (χ4v) is 1.51. The van der Waals surface area contributed by atoms with Crippen molar-refractivity contribution in [2.75, 3.05) is 11.6 Å². The summed E-state index contributed by atoms with van der Waals surface area (Å²) >= 11 is 0. The van der Waals surface area contributed by atoms with Gasteiger partial charge in [0.15, 0.2) is 0 Å². The first-order valence-corrected chi connectivity index (χ1v) is 4.63. The van der Waals surface area contributed by atoms with Crippen LogP contribution in [0.5, 0.6) is 0 Å². The molecule has 1 aliphatic rings.